The molecule has 22 heavy (non-hydrogen) atoms. The van der Waals surface area contributed by atoms with Gasteiger partial charge in [-0.05, 0) is 49.3 Å². The molecule has 0 bridgehead atoms. The summed E-state index contributed by atoms with van der Waals surface area (Å²) in [5, 5.41) is 9.80. The largest absolute Gasteiger partial charge is 0.426 e. The number of aliphatic hydroxyl groups excluding tert-OH is 1. The summed E-state index contributed by atoms with van der Waals surface area (Å²) < 4.78 is 5.59. The molecule has 0 saturated heterocycles. The molecule has 0 spiro atoms. The fourth-order valence-electron chi connectivity index (χ4n) is 2.62. The Balaban J connectivity index is 2.86. The van der Waals surface area contributed by atoms with E-state index in [4.69, 9.17) is 4.74 Å². The third-order valence-electron chi connectivity index (χ3n) is 4.43. The lowest BCUT2D eigenvalue weighted by atomic mass is 9.73. The minimum absolute atomic E-state index is 0.181. The molecule has 0 saturated carbocycles. The molecule has 3 nitrogen and oxygen atoms in total. The average molecular weight is 306 g/mol. The number of esters is 1. The molecule has 124 valence electrons. The van der Waals surface area contributed by atoms with Crippen LogP contribution in [0.4, 0.5) is 0 Å². The number of hydrogen-bond donors (Lipinski definition) is 1. The maximum Gasteiger partial charge on any atom is 0.317 e. The van der Waals surface area contributed by atoms with E-state index in [1.165, 1.54) is 0 Å². The first-order valence-electron chi connectivity index (χ1n) is 8.21. The average Bonchev–Trinajstić information content (AvgIpc) is 2.46. The number of aliphatic hydroxyl groups is 1. The Morgan fingerprint density at radius 2 is 1.73 bits per heavy atom. The fourth-order valence-corrected chi connectivity index (χ4v) is 2.62. The highest BCUT2D eigenvalue weighted by atomic mass is 16.5. The lowest BCUT2D eigenvalue weighted by Crippen LogP contribution is -2.38. The number of hydrogen-bond acceptors (Lipinski definition) is 3. The summed E-state index contributed by atoms with van der Waals surface area (Å²) in [6.45, 7) is 12.3. The highest BCUT2D eigenvalue weighted by Crippen LogP contribution is 2.36. The molecular weight excluding hydrogens is 276 g/mol. The molecule has 0 radical (unpaired) electrons. The zero-order valence-electron chi connectivity index (χ0n) is 14.7. The van der Waals surface area contributed by atoms with Gasteiger partial charge >= 0.3 is 5.97 Å². The van der Waals surface area contributed by atoms with Crippen LogP contribution in [0.1, 0.15) is 66.1 Å². The van der Waals surface area contributed by atoms with Gasteiger partial charge in [-0.25, -0.2) is 0 Å². The molecule has 0 aliphatic rings. The molecule has 1 N–H and O–H groups in total. The SMILES string of the molecule is CCC(O)c1ccc(OC(=O)C(C)(CC(C)C)C(C)C)cc1. The van der Waals surface area contributed by atoms with Gasteiger partial charge in [0, 0.05) is 0 Å². The first kappa shape index (κ1) is 18.7. The number of carbonyl (C=O) groups is 1. The van der Waals surface area contributed by atoms with E-state index in [1.807, 2.05) is 26.0 Å². The van der Waals surface area contributed by atoms with Crippen molar-refractivity contribution >= 4 is 5.97 Å². The number of ether oxygens (including phenoxy) is 1. The van der Waals surface area contributed by atoms with E-state index < -0.39 is 11.5 Å². The van der Waals surface area contributed by atoms with Crippen molar-refractivity contribution in [3.8, 4) is 5.75 Å². The van der Waals surface area contributed by atoms with Gasteiger partial charge in [0.1, 0.15) is 5.75 Å². The van der Waals surface area contributed by atoms with Gasteiger partial charge in [0.25, 0.3) is 0 Å². The monoisotopic (exact) mass is 306 g/mol. The van der Waals surface area contributed by atoms with Crippen molar-refractivity contribution in [3.63, 3.8) is 0 Å². The Kier molecular flexibility index (Phi) is 6.61. The quantitative estimate of drug-likeness (QED) is 0.584. The van der Waals surface area contributed by atoms with E-state index in [0.29, 0.717) is 18.1 Å². The first-order chi connectivity index (χ1) is 10.2. The van der Waals surface area contributed by atoms with Crippen LogP contribution in [-0.4, -0.2) is 11.1 Å². The summed E-state index contributed by atoms with van der Waals surface area (Å²) in [5.41, 5.74) is 0.353. The molecule has 0 aliphatic carbocycles. The Labute approximate surface area is 134 Å². The highest BCUT2D eigenvalue weighted by molar-refractivity contribution is 5.79. The van der Waals surface area contributed by atoms with Crippen molar-refractivity contribution in [2.75, 3.05) is 0 Å². The minimum atomic E-state index is -0.490. The smallest absolute Gasteiger partial charge is 0.317 e. The summed E-state index contributed by atoms with van der Waals surface area (Å²) in [6.07, 6.45) is 1.00. The Morgan fingerprint density at radius 1 is 1.18 bits per heavy atom. The Morgan fingerprint density at radius 3 is 2.14 bits per heavy atom. The highest BCUT2D eigenvalue weighted by Gasteiger charge is 2.39. The van der Waals surface area contributed by atoms with Crippen LogP contribution >= 0.6 is 0 Å². The molecule has 1 aromatic carbocycles. The predicted octanol–water partition coefficient (Wildman–Crippen LogP) is 4.74. The van der Waals surface area contributed by atoms with E-state index in [1.54, 1.807) is 12.1 Å². The van der Waals surface area contributed by atoms with Crippen molar-refractivity contribution in [1.82, 2.24) is 0 Å². The van der Waals surface area contributed by atoms with Crippen LogP contribution in [-0.2, 0) is 4.79 Å². The van der Waals surface area contributed by atoms with Gasteiger partial charge in [-0.15, -0.1) is 0 Å². The van der Waals surface area contributed by atoms with Crippen molar-refractivity contribution in [3.05, 3.63) is 29.8 Å². The molecule has 2 unspecified atom stereocenters. The predicted molar refractivity (Wildman–Crippen MR) is 89.7 cm³/mol. The molecule has 0 aromatic heterocycles. The van der Waals surface area contributed by atoms with Gasteiger partial charge < -0.3 is 9.84 Å². The molecule has 0 amide bonds. The number of carbonyl (C=O) groups excluding carboxylic acids is 1. The Bertz CT molecular complexity index is 476. The molecule has 2 atom stereocenters. The first-order valence-corrected chi connectivity index (χ1v) is 8.21. The molecule has 0 heterocycles. The van der Waals surface area contributed by atoms with Crippen molar-refractivity contribution in [2.45, 2.75) is 60.5 Å². The van der Waals surface area contributed by atoms with Crippen LogP contribution in [0, 0.1) is 17.3 Å². The van der Waals surface area contributed by atoms with Crippen LogP contribution in [0.5, 0.6) is 5.75 Å². The van der Waals surface area contributed by atoms with Gasteiger partial charge in [0.15, 0.2) is 0 Å². The van der Waals surface area contributed by atoms with Crippen molar-refractivity contribution in [2.24, 2.45) is 17.3 Å². The molecule has 0 aliphatic heterocycles. The van der Waals surface area contributed by atoms with Crippen LogP contribution < -0.4 is 4.74 Å². The summed E-state index contributed by atoms with van der Waals surface area (Å²) in [5.74, 6) is 0.998. The minimum Gasteiger partial charge on any atom is -0.426 e. The number of benzene rings is 1. The van der Waals surface area contributed by atoms with E-state index in [9.17, 15) is 9.90 Å². The van der Waals surface area contributed by atoms with Gasteiger partial charge in [-0.3, -0.25) is 4.79 Å². The second-order valence-electron chi connectivity index (χ2n) is 7.05. The molecule has 3 heteroatoms. The third kappa shape index (κ3) is 4.57. The van der Waals surface area contributed by atoms with Crippen LogP contribution in [0.3, 0.4) is 0 Å². The van der Waals surface area contributed by atoms with Gasteiger partial charge in [-0.1, -0.05) is 46.8 Å². The molecular formula is C19H30O3. The third-order valence-corrected chi connectivity index (χ3v) is 4.43. The normalized spacial score (nSPS) is 15.7. The van der Waals surface area contributed by atoms with Crippen molar-refractivity contribution < 1.29 is 14.6 Å². The number of rotatable bonds is 7. The van der Waals surface area contributed by atoms with Crippen LogP contribution in [0.15, 0.2) is 24.3 Å². The fraction of sp³-hybridized carbons (Fsp3) is 0.632. The second-order valence-corrected chi connectivity index (χ2v) is 7.05. The zero-order chi connectivity index (χ0) is 16.9. The molecule has 1 aromatic rings. The van der Waals surface area contributed by atoms with E-state index in [2.05, 4.69) is 27.7 Å². The Hall–Kier alpha value is -1.35. The van der Waals surface area contributed by atoms with E-state index >= 15 is 0 Å². The van der Waals surface area contributed by atoms with Gasteiger partial charge in [0.05, 0.1) is 11.5 Å². The van der Waals surface area contributed by atoms with E-state index in [-0.39, 0.29) is 11.9 Å². The second kappa shape index (κ2) is 7.77. The molecule has 0 fully saturated rings. The summed E-state index contributed by atoms with van der Waals surface area (Å²) in [6, 6.07) is 7.13. The molecule has 1 rings (SSSR count). The summed E-state index contributed by atoms with van der Waals surface area (Å²) >= 11 is 0. The summed E-state index contributed by atoms with van der Waals surface area (Å²) in [4.78, 5) is 12.6. The topological polar surface area (TPSA) is 46.5 Å². The lowest BCUT2D eigenvalue weighted by Gasteiger charge is -2.32. The van der Waals surface area contributed by atoms with Crippen LogP contribution in [0.2, 0.25) is 0 Å². The maximum atomic E-state index is 12.6. The van der Waals surface area contributed by atoms with Gasteiger partial charge in [0.2, 0.25) is 0 Å². The van der Waals surface area contributed by atoms with E-state index in [0.717, 1.165) is 12.0 Å². The zero-order valence-corrected chi connectivity index (χ0v) is 14.7. The van der Waals surface area contributed by atoms with Crippen LogP contribution in [0.25, 0.3) is 0 Å². The van der Waals surface area contributed by atoms with Gasteiger partial charge in [-0.2, -0.15) is 0 Å². The van der Waals surface area contributed by atoms with Crippen molar-refractivity contribution in [1.29, 1.82) is 0 Å². The summed E-state index contributed by atoms with van der Waals surface area (Å²) in [7, 11) is 0. The standard InChI is InChI=1S/C19H30O3/c1-7-17(20)15-8-10-16(11-9-15)22-18(21)19(6,14(4)5)12-13(2)3/h8-11,13-14,17,20H,7,12H2,1-6H3. The maximum absolute atomic E-state index is 12.6. The lowest BCUT2D eigenvalue weighted by molar-refractivity contribution is -0.148.